The van der Waals surface area contributed by atoms with Gasteiger partial charge in [0.25, 0.3) is 0 Å². The zero-order chi connectivity index (χ0) is 14.3. The summed E-state index contributed by atoms with van der Waals surface area (Å²) in [6, 6.07) is 0. The smallest absolute Gasteiger partial charge is 0.427 e. The minimum atomic E-state index is -1.30. The Morgan fingerprint density at radius 2 is 2.26 bits per heavy atom. The summed E-state index contributed by atoms with van der Waals surface area (Å²) >= 11 is 0. The van der Waals surface area contributed by atoms with Crippen LogP contribution in [-0.4, -0.2) is 17.2 Å². The maximum Gasteiger partial charge on any atom is 0.459 e. The van der Waals surface area contributed by atoms with Crippen LogP contribution in [0.25, 0.3) is 0 Å². The molecular formula is C16H23BO2. The van der Waals surface area contributed by atoms with Gasteiger partial charge in [0.05, 0.1) is 0 Å². The molecule has 0 fully saturated rings. The zero-order valence-corrected chi connectivity index (χ0v) is 11.8. The molecule has 0 heterocycles. The molecule has 2 nitrogen and oxygen atoms in total. The summed E-state index contributed by atoms with van der Waals surface area (Å²) in [6.45, 7) is 8.01. The molecule has 0 aromatic heterocycles. The minimum absolute atomic E-state index is 0.224. The van der Waals surface area contributed by atoms with Gasteiger partial charge in [0.15, 0.2) is 0 Å². The molecule has 0 bridgehead atoms. The fourth-order valence-electron chi connectivity index (χ4n) is 2.23. The zero-order valence-electron chi connectivity index (χ0n) is 11.8. The molecule has 2 N–H and O–H groups in total. The first-order chi connectivity index (χ1) is 9.10. The van der Waals surface area contributed by atoms with Gasteiger partial charge < -0.3 is 10.0 Å². The Hall–Kier alpha value is -1.32. The Kier molecular flexibility index (Phi) is 6.61. The molecule has 0 saturated heterocycles. The van der Waals surface area contributed by atoms with E-state index in [9.17, 15) is 10.0 Å². The molecule has 0 aromatic rings. The summed E-state index contributed by atoms with van der Waals surface area (Å²) in [7, 11) is -1.30. The van der Waals surface area contributed by atoms with Crippen molar-refractivity contribution >= 4 is 7.12 Å². The maximum atomic E-state index is 9.29. The molecule has 0 radical (unpaired) electrons. The van der Waals surface area contributed by atoms with E-state index in [4.69, 9.17) is 0 Å². The van der Waals surface area contributed by atoms with E-state index in [-0.39, 0.29) is 5.82 Å². The van der Waals surface area contributed by atoms with Crippen LogP contribution in [-0.2, 0) is 0 Å². The van der Waals surface area contributed by atoms with Crippen molar-refractivity contribution in [1.29, 1.82) is 0 Å². The fraction of sp³-hybridized carbons (Fsp3) is 0.375. The number of hydrogen-bond acceptors (Lipinski definition) is 2. The molecule has 0 amide bonds. The number of allylic oxidation sites excluding steroid dienone is 9. The van der Waals surface area contributed by atoms with E-state index >= 15 is 0 Å². The van der Waals surface area contributed by atoms with Crippen molar-refractivity contribution in [3.63, 3.8) is 0 Å². The lowest BCUT2D eigenvalue weighted by Gasteiger charge is -2.18. The monoisotopic (exact) mass is 258 g/mol. The minimum Gasteiger partial charge on any atom is -0.427 e. The molecule has 0 aliphatic heterocycles. The summed E-state index contributed by atoms with van der Waals surface area (Å²) in [6.07, 6.45) is 14.7. The van der Waals surface area contributed by atoms with Crippen LogP contribution in [0.5, 0.6) is 0 Å². The van der Waals surface area contributed by atoms with Crippen LogP contribution in [0.2, 0.25) is 5.82 Å². The van der Waals surface area contributed by atoms with Crippen LogP contribution in [0.1, 0.15) is 33.1 Å². The third-order valence-corrected chi connectivity index (χ3v) is 3.38. The summed E-state index contributed by atoms with van der Waals surface area (Å²) in [5.41, 5.74) is 3.42. The second-order valence-electron chi connectivity index (χ2n) is 4.84. The molecule has 1 unspecified atom stereocenters. The summed E-state index contributed by atoms with van der Waals surface area (Å²) < 4.78 is 0. The summed E-state index contributed by atoms with van der Waals surface area (Å²) in [5.74, 6) is -0.224. The Balaban J connectivity index is 2.92. The second kappa shape index (κ2) is 7.98. The van der Waals surface area contributed by atoms with Gasteiger partial charge in [-0.1, -0.05) is 48.6 Å². The molecule has 3 heteroatoms. The summed E-state index contributed by atoms with van der Waals surface area (Å²) in [4.78, 5) is 0. The van der Waals surface area contributed by atoms with Crippen LogP contribution in [0, 0.1) is 0 Å². The maximum absolute atomic E-state index is 9.29. The van der Waals surface area contributed by atoms with E-state index in [2.05, 4.69) is 25.7 Å². The fourth-order valence-corrected chi connectivity index (χ4v) is 2.23. The Morgan fingerprint density at radius 1 is 1.53 bits per heavy atom. The highest BCUT2D eigenvalue weighted by molar-refractivity contribution is 6.44. The number of rotatable bonds is 6. The van der Waals surface area contributed by atoms with Gasteiger partial charge in [0.2, 0.25) is 0 Å². The van der Waals surface area contributed by atoms with E-state index in [1.54, 1.807) is 0 Å². The van der Waals surface area contributed by atoms with Gasteiger partial charge in [-0.05, 0) is 44.3 Å². The topological polar surface area (TPSA) is 40.5 Å². The lowest BCUT2D eigenvalue weighted by molar-refractivity contribution is 0.394. The summed E-state index contributed by atoms with van der Waals surface area (Å²) in [5, 5.41) is 18.6. The van der Waals surface area contributed by atoms with Gasteiger partial charge in [0, 0.05) is 5.82 Å². The highest BCUT2D eigenvalue weighted by Crippen LogP contribution is 2.29. The molecular weight excluding hydrogens is 235 g/mol. The molecule has 19 heavy (non-hydrogen) atoms. The van der Waals surface area contributed by atoms with Crippen LogP contribution in [0.3, 0.4) is 0 Å². The first kappa shape index (κ1) is 15.7. The first-order valence-electron chi connectivity index (χ1n) is 6.78. The molecule has 0 saturated carbocycles. The van der Waals surface area contributed by atoms with Crippen molar-refractivity contribution in [1.82, 2.24) is 0 Å². The quantitative estimate of drug-likeness (QED) is 0.434. The predicted octanol–water partition coefficient (Wildman–Crippen LogP) is 3.57. The van der Waals surface area contributed by atoms with Gasteiger partial charge in [-0.3, -0.25) is 0 Å². The van der Waals surface area contributed by atoms with Crippen molar-refractivity contribution in [2.24, 2.45) is 0 Å². The third kappa shape index (κ3) is 4.69. The standard InChI is InChI=1S/C16H23BO2/c1-4-6-7-9-13(3)16(5-2)14-10-8-11-15(12-14)17(18)19/h4-6,8,10,12,15,18-19H,2,7,9,11H2,1,3H3/b6-4-,16-13-. The predicted molar refractivity (Wildman–Crippen MR) is 82.7 cm³/mol. The Morgan fingerprint density at radius 3 is 2.84 bits per heavy atom. The SMILES string of the molecule is C=C/C(C1=CC(B(O)O)CC=C1)=C(\C)CC/C=C\C. The van der Waals surface area contributed by atoms with Gasteiger partial charge >= 0.3 is 7.12 Å². The normalized spacial score (nSPS) is 20.2. The largest absolute Gasteiger partial charge is 0.459 e. The molecule has 0 spiro atoms. The molecule has 1 aliphatic rings. The van der Waals surface area contributed by atoms with Crippen molar-refractivity contribution in [3.05, 3.63) is 59.8 Å². The van der Waals surface area contributed by atoms with Crippen LogP contribution < -0.4 is 0 Å². The van der Waals surface area contributed by atoms with Gasteiger partial charge in [-0.25, -0.2) is 0 Å². The highest BCUT2D eigenvalue weighted by atomic mass is 16.4. The van der Waals surface area contributed by atoms with E-state index in [1.165, 1.54) is 5.57 Å². The average Bonchev–Trinajstić information content (AvgIpc) is 2.40. The Labute approximate surface area is 116 Å². The van der Waals surface area contributed by atoms with E-state index in [0.29, 0.717) is 6.42 Å². The van der Waals surface area contributed by atoms with E-state index in [1.807, 2.05) is 31.2 Å². The molecule has 1 aliphatic carbocycles. The van der Waals surface area contributed by atoms with E-state index in [0.717, 1.165) is 24.0 Å². The molecule has 1 atom stereocenters. The number of hydrogen-bond donors (Lipinski definition) is 2. The van der Waals surface area contributed by atoms with Gasteiger partial charge in [0.1, 0.15) is 0 Å². The third-order valence-electron chi connectivity index (χ3n) is 3.38. The van der Waals surface area contributed by atoms with Gasteiger partial charge in [-0.15, -0.1) is 0 Å². The van der Waals surface area contributed by atoms with Crippen molar-refractivity contribution in [3.8, 4) is 0 Å². The van der Waals surface area contributed by atoms with Crippen LogP contribution >= 0.6 is 0 Å². The van der Waals surface area contributed by atoms with Crippen molar-refractivity contribution < 1.29 is 10.0 Å². The van der Waals surface area contributed by atoms with Crippen molar-refractivity contribution in [2.75, 3.05) is 0 Å². The highest BCUT2D eigenvalue weighted by Gasteiger charge is 2.22. The van der Waals surface area contributed by atoms with Crippen molar-refractivity contribution in [2.45, 2.75) is 38.9 Å². The lowest BCUT2D eigenvalue weighted by Crippen LogP contribution is -2.19. The second-order valence-corrected chi connectivity index (χ2v) is 4.84. The van der Waals surface area contributed by atoms with E-state index < -0.39 is 7.12 Å². The molecule has 0 aromatic carbocycles. The molecule has 1 rings (SSSR count). The van der Waals surface area contributed by atoms with Gasteiger partial charge in [-0.2, -0.15) is 0 Å². The lowest BCUT2D eigenvalue weighted by atomic mass is 9.68. The first-order valence-corrected chi connectivity index (χ1v) is 6.78. The molecule has 102 valence electrons. The Bertz CT molecular complexity index is 428. The van der Waals surface area contributed by atoms with Crippen LogP contribution in [0.15, 0.2) is 59.8 Å². The van der Waals surface area contributed by atoms with Crippen LogP contribution in [0.4, 0.5) is 0 Å². The average molecular weight is 258 g/mol.